The van der Waals surface area contributed by atoms with Crippen LogP contribution < -0.4 is 5.32 Å². The van der Waals surface area contributed by atoms with Crippen molar-refractivity contribution in [3.8, 4) is 0 Å². The first-order valence-corrected chi connectivity index (χ1v) is 7.38. The Balaban J connectivity index is 2.14. The van der Waals surface area contributed by atoms with Gasteiger partial charge >= 0.3 is 0 Å². The number of nitrogens with zero attached hydrogens (tertiary/aromatic N) is 1. The van der Waals surface area contributed by atoms with Gasteiger partial charge in [0, 0.05) is 24.5 Å². The minimum Gasteiger partial charge on any atom is -0.377 e. The number of nitrogens with one attached hydrogen (secondary N) is 1. The highest BCUT2D eigenvalue weighted by Gasteiger charge is 2.27. The van der Waals surface area contributed by atoms with Crippen LogP contribution in [-0.2, 0) is 4.74 Å². The van der Waals surface area contributed by atoms with E-state index in [1.165, 1.54) is 11.8 Å². The van der Waals surface area contributed by atoms with Crippen LogP contribution in [0.5, 0.6) is 0 Å². The second-order valence-electron chi connectivity index (χ2n) is 4.55. The zero-order valence-corrected chi connectivity index (χ0v) is 11.9. The van der Waals surface area contributed by atoms with Crippen LogP contribution in [0.25, 0.3) is 0 Å². The monoisotopic (exact) mass is 288 g/mol. The lowest BCUT2D eigenvalue weighted by atomic mass is 10.3. The summed E-state index contributed by atoms with van der Waals surface area (Å²) in [6, 6.07) is 0.897. The van der Waals surface area contributed by atoms with E-state index in [4.69, 9.17) is 4.74 Å². The molecule has 0 aliphatic carbocycles. The molecule has 0 amide bonds. The summed E-state index contributed by atoms with van der Waals surface area (Å²) in [5, 5.41) is 3.28. The van der Waals surface area contributed by atoms with E-state index in [0.29, 0.717) is 13.2 Å². The molecular formula is C13H18F2N2OS. The Kier molecular flexibility index (Phi) is 4.99. The SMILES string of the molecule is CCCNc1nc(SC2CCOC2C)c(F)cc1F. The maximum absolute atomic E-state index is 13.7. The van der Waals surface area contributed by atoms with Crippen molar-refractivity contribution >= 4 is 17.6 Å². The molecule has 1 saturated heterocycles. The van der Waals surface area contributed by atoms with Crippen molar-refractivity contribution < 1.29 is 13.5 Å². The summed E-state index contributed by atoms with van der Waals surface area (Å²) in [6.45, 7) is 5.23. The Morgan fingerprint density at radius 2 is 2.26 bits per heavy atom. The highest BCUT2D eigenvalue weighted by molar-refractivity contribution is 7.99. The van der Waals surface area contributed by atoms with Gasteiger partial charge in [-0.15, -0.1) is 0 Å². The van der Waals surface area contributed by atoms with Crippen molar-refractivity contribution in [2.75, 3.05) is 18.5 Å². The minimum atomic E-state index is -0.647. The van der Waals surface area contributed by atoms with Crippen molar-refractivity contribution in [3.63, 3.8) is 0 Å². The van der Waals surface area contributed by atoms with Crippen LogP contribution in [0.3, 0.4) is 0 Å². The normalized spacial score (nSPS) is 22.7. The van der Waals surface area contributed by atoms with Crippen molar-refractivity contribution in [1.82, 2.24) is 4.98 Å². The predicted octanol–water partition coefficient (Wildman–Crippen LogP) is 3.45. The summed E-state index contributed by atoms with van der Waals surface area (Å²) < 4.78 is 32.7. The molecule has 0 spiro atoms. The fraction of sp³-hybridized carbons (Fsp3) is 0.615. The van der Waals surface area contributed by atoms with Crippen molar-refractivity contribution in [2.24, 2.45) is 0 Å². The fourth-order valence-electron chi connectivity index (χ4n) is 1.91. The molecular weight excluding hydrogens is 270 g/mol. The van der Waals surface area contributed by atoms with Gasteiger partial charge in [0.1, 0.15) is 5.03 Å². The van der Waals surface area contributed by atoms with E-state index in [1.807, 2.05) is 13.8 Å². The number of aromatic nitrogens is 1. The summed E-state index contributed by atoms with van der Waals surface area (Å²) >= 11 is 1.32. The van der Waals surface area contributed by atoms with Gasteiger partial charge in [0.25, 0.3) is 0 Å². The quantitative estimate of drug-likeness (QED) is 0.900. The van der Waals surface area contributed by atoms with Gasteiger partial charge in [-0.3, -0.25) is 0 Å². The zero-order chi connectivity index (χ0) is 13.8. The number of hydrogen-bond acceptors (Lipinski definition) is 4. The molecule has 1 N–H and O–H groups in total. The van der Waals surface area contributed by atoms with E-state index >= 15 is 0 Å². The number of ether oxygens (including phenoxy) is 1. The van der Waals surface area contributed by atoms with Crippen molar-refractivity contribution in [2.45, 2.75) is 43.1 Å². The van der Waals surface area contributed by atoms with Crippen LogP contribution in [0.2, 0.25) is 0 Å². The molecule has 0 radical (unpaired) electrons. The van der Waals surface area contributed by atoms with E-state index in [0.717, 1.165) is 18.9 Å². The Hall–Kier alpha value is -0.880. The largest absolute Gasteiger partial charge is 0.377 e. The lowest BCUT2D eigenvalue weighted by Crippen LogP contribution is -2.14. The van der Waals surface area contributed by atoms with Crippen LogP contribution >= 0.6 is 11.8 Å². The Bertz CT molecular complexity index is 445. The van der Waals surface area contributed by atoms with Crippen LogP contribution in [0, 0.1) is 11.6 Å². The number of hydrogen-bond donors (Lipinski definition) is 1. The molecule has 1 aromatic rings. The average Bonchev–Trinajstić information content (AvgIpc) is 2.77. The molecule has 2 atom stereocenters. The van der Waals surface area contributed by atoms with Gasteiger partial charge in [-0.2, -0.15) is 0 Å². The maximum atomic E-state index is 13.7. The molecule has 2 unspecified atom stereocenters. The molecule has 1 aromatic heterocycles. The van der Waals surface area contributed by atoms with Gasteiger partial charge in [0.15, 0.2) is 17.5 Å². The first-order chi connectivity index (χ1) is 9.11. The van der Waals surface area contributed by atoms with Crippen molar-refractivity contribution in [3.05, 3.63) is 17.7 Å². The maximum Gasteiger partial charge on any atom is 0.168 e. The van der Waals surface area contributed by atoms with Gasteiger partial charge in [0.05, 0.1) is 6.10 Å². The summed E-state index contributed by atoms with van der Waals surface area (Å²) in [7, 11) is 0. The summed E-state index contributed by atoms with van der Waals surface area (Å²) in [5.41, 5.74) is 0. The number of rotatable bonds is 5. The third kappa shape index (κ3) is 3.57. The standard InChI is InChI=1S/C13H18F2N2OS/c1-3-5-16-12-9(14)7-10(15)13(17-12)19-11-4-6-18-8(11)2/h7-8,11H,3-6H2,1-2H3,(H,16,17). The highest BCUT2D eigenvalue weighted by Crippen LogP contribution is 2.34. The fourth-order valence-corrected chi connectivity index (χ4v) is 3.00. The average molecular weight is 288 g/mol. The first-order valence-electron chi connectivity index (χ1n) is 6.50. The molecule has 0 saturated carbocycles. The van der Waals surface area contributed by atoms with Gasteiger partial charge in [-0.1, -0.05) is 18.7 Å². The topological polar surface area (TPSA) is 34.2 Å². The van der Waals surface area contributed by atoms with Gasteiger partial charge in [-0.25, -0.2) is 13.8 Å². The molecule has 2 heterocycles. The van der Waals surface area contributed by atoms with E-state index < -0.39 is 11.6 Å². The molecule has 19 heavy (non-hydrogen) atoms. The smallest absolute Gasteiger partial charge is 0.168 e. The Morgan fingerprint density at radius 1 is 1.47 bits per heavy atom. The van der Waals surface area contributed by atoms with Crippen LogP contribution in [0.1, 0.15) is 26.7 Å². The molecule has 1 aliphatic rings. The Labute approximate surface area is 116 Å². The zero-order valence-electron chi connectivity index (χ0n) is 11.1. The number of halogens is 2. The lowest BCUT2D eigenvalue weighted by Gasteiger charge is -2.14. The van der Waals surface area contributed by atoms with Crippen molar-refractivity contribution in [1.29, 1.82) is 0 Å². The molecule has 0 bridgehead atoms. The molecule has 0 aromatic carbocycles. The molecule has 106 valence electrons. The number of anilines is 1. The summed E-state index contributed by atoms with van der Waals surface area (Å²) in [6.07, 6.45) is 1.79. The van der Waals surface area contributed by atoms with Gasteiger partial charge < -0.3 is 10.1 Å². The van der Waals surface area contributed by atoms with Crippen LogP contribution in [-0.4, -0.2) is 29.5 Å². The predicted molar refractivity (Wildman–Crippen MR) is 72.6 cm³/mol. The second kappa shape index (κ2) is 6.52. The lowest BCUT2D eigenvalue weighted by molar-refractivity contribution is 0.127. The van der Waals surface area contributed by atoms with Gasteiger partial charge in [0.2, 0.25) is 0 Å². The summed E-state index contributed by atoms with van der Waals surface area (Å²) in [5.74, 6) is -1.13. The molecule has 3 nitrogen and oxygen atoms in total. The van der Waals surface area contributed by atoms with E-state index in [1.54, 1.807) is 0 Å². The van der Waals surface area contributed by atoms with Crippen LogP contribution in [0.15, 0.2) is 11.1 Å². The first kappa shape index (κ1) is 14.5. The Morgan fingerprint density at radius 3 is 2.89 bits per heavy atom. The van der Waals surface area contributed by atoms with E-state index in [-0.39, 0.29) is 22.2 Å². The van der Waals surface area contributed by atoms with Gasteiger partial charge in [-0.05, 0) is 19.8 Å². The van der Waals surface area contributed by atoms with Crippen LogP contribution in [0.4, 0.5) is 14.6 Å². The van der Waals surface area contributed by atoms with E-state index in [2.05, 4.69) is 10.3 Å². The summed E-state index contributed by atoms with van der Waals surface area (Å²) in [4.78, 5) is 4.05. The highest BCUT2D eigenvalue weighted by atomic mass is 32.2. The number of pyridine rings is 1. The molecule has 6 heteroatoms. The molecule has 2 rings (SSSR count). The van der Waals surface area contributed by atoms with E-state index in [9.17, 15) is 8.78 Å². The minimum absolute atomic E-state index is 0.0725. The number of thioether (sulfide) groups is 1. The molecule has 1 aliphatic heterocycles. The third-order valence-corrected chi connectivity index (χ3v) is 4.44. The molecule has 1 fully saturated rings. The second-order valence-corrected chi connectivity index (χ2v) is 5.78. The third-order valence-electron chi connectivity index (χ3n) is 3.01.